The number of rotatable bonds is 5. The molecule has 0 saturated heterocycles. The van der Waals surface area contributed by atoms with Crippen molar-refractivity contribution >= 4 is 0 Å². The zero-order valence-electron chi connectivity index (χ0n) is 9.22. The number of hydrogen-bond acceptors (Lipinski definition) is 0. The van der Waals surface area contributed by atoms with Crippen molar-refractivity contribution in [1.29, 1.82) is 0 Å². The minimum atomic E-state index is 0.730. The monoisotopic (exact) mass is 178 g/mol. The number of hydrogen-bond donors (Lipinski definition) is 0. The van der Waals surface area contributed by atoms with Crippen LogP contribution in [-0.4, -0.2) is 0 Å². The van der Waals surface area contributed by atoms with Gasteiger partial charge in [0.25, 0.3) is 0 Å². The average Bonchev–Trinajstić information content (AvgIpc) is 2.89. The van der Waals surface area contributed by atoms with E-state index in [-0.39, 0.29) is 0 Å². The van der Waals surface area contributed by atoms with Gasteiger partial charge in [0.15, 0.2) is 0 Å². The molecule has 2 saturated carbocycles. The molecule has 0 amide bonds. The van der Waals surface area contributed by atoms with Crippen LogP contribution in [0.15, 0.2) is 12.2 Å². The third-order valence-electron chi connectivity index (χ3n) is 3.89. The SMILES string of the molecule is CCCC1(CC=CC(C)C)C2CC21. The van der Waals surface area contributed by atoms with Gasteiger partial charge in [-0.2, -0.15) is 0 Å². The lowest BCUT2D eigenvalue weighted by Gasteiger charge is -2.19. The maximum atomic E-state index is 2.44. The summed E-state index contributed by atoms with van der Waals surface area (Å²) in [7, 11) is 0. The molecule has 0 aliphatic heterocycles. The van der Waals surface area contributed by atoms with Crippen molar-refractivity contribution in [2.45, 2.75) is 46.5 Å². The highest BCUT2D eigenvalue weighted by atomic mass is 14.8. The van der Waals surface area contributed by atoms with Gasteiger partial charge < -0.3 is 0 Å². The molecule has 2 aliphatic rings. The molecule has 0 N–H and O–H groups in total. The van der Waals surface area contributed by atoms with Gasteiger partial charge in [-0.05, 0) is 42.4 Å². The lowest BCUT2D eigenvalue weighted by atomic mass is 9.85. The van der Waals surface area contributed by atoms with Gasteiger partial charge in [-0.1, -0.05) is 39.3 Å². The molecule has 0 nitrogen and oxygen atoms in total. The second-order valence-corrected chi connectivity index (χ2v) is 5.31. The highest BCUT2D eigenvalue weighted by molar-refractivity contribution is 5.24. The van der Waals surface area contributed by atoms with Crippen LogP contribution in [0.1, 0.15) is 46.5 Å². The van der Waals surface area contributed by atoms with E-state index in [0.717, 1.165) is 23.2 Å². The molecule has 0 aromatic carbocycles. The van der Waals surface area contributed by atoms with Gasteiger partial charge in [-0.25, -0.2) is 0 Å². The van der Waals surface area contributed by atoms with E-state index in [1.165, 1.54) is 19.3 Å². The fourth-order valence-corrected chi connectivity index (χ4v) is 2.98. The highest BCUT2D eigenvalue weighted by Gasteiger charge is 2.74. The van der Waals surface area contributed by atoms with E-state index in [1.54, 1.807) is 6.42 Å². The maximum absolute atomic E-state index is 2.44. The van der Waals surface area contributed by atoms with Gasteiger partial charge in [-0.15, -0.1) is 0 Å². The van der Waals surface area contributed by atoms with Crippen LogP contribution >= 0.6 is 0 Å². The van der Waals surface area contributed by atoms with Gasteiger partial charge in [0.1, 0.15) is 0 Å². The third kappa shape index (κ3) is 1.56. The molecule has 13 heavy (non-hydrogen) atoms. The Labute approximate surface area is 82.4 Å². The van der Waals surface area contributed by atoms with E-state index in [4.69, 9.17) is 0 Å². The summed E-state index contributed by atoms with van der Waals surface area (Å²) in [5, 5.41) is 0. The normalized spacial score (nSPS) is 41.2. The summed E-state index contributed by atoms with van der Waals surface area (Å²) in [6.45, 7) is 6.85. The number of fused-ring (bicyclic) bond motifs is 1. The second-order valence-electron chi connectivity index (χ2n) is 5.31. The van der Waals surface area contributed by atoms with Crippen LogP contribution in [-0.2, 0) is 0 Å². The fraction of sp³-hybridized carbons (Fsp3) is 0.846. The molecule has 2 fully saturated rings. The Morgan fingerprint density at radius 2 is 2.08 bits per heavy atom. The van der Waals surface area contributed by atoms with Gasteiger partial charge in [0.05, 0.1) is 0 Å². The van der Waals surface area contributed by atoms with Crippen LogP contribution in [0.4, 0.5) is 0 Å². The summed E-state index contributed by atoms with van der Waals surface area (Å²) in [6, 6.07) is 0. The average molecular weight is 178 g/mol. The molecule has 2 atom stereocenters. The van der Waals surface area contributed by atoms with Crippen molar-refractivity contribution < 1.29 is 0 Å². The first-order valence-corrected chi connectivity index (χ1v) is 5.87. The molecule has 0 aromatic rings. The fourth-order valence-electron chi connectivity index (χ4n) is 2.98. The van der Waals surface area contributed by atoms with Gasteiger partial charge in [0, 0.05) is 0 Å². The Bertz CT molecular complexity index is 204. The van der Waals surface area contributed by atoms with Gasteiger partial charge in [0.2, 0.25) is 0 Å². The molecule has 0 spiro atoms. The Kier molecular flexibility index (Phi) is 2.25. The summed E-state index contributed by atoms with van der Waals surface area (Å²) in [4.78, 5) is 0. The van der Waals surface area contributed by atoms with Crippen LogP contribution in [0.25, 0.3) is 0 Å². The van der Waals surface area contributed by atoms with E-state index in [1.807, 2.05) is 0 Å². The zero-order chi connectivity index (χ0) is 9.47. The Morgan fingerprint density at radius 1 is 1.38 bits per heavy atom. The summed E-state index contributed by atoms with van der Waals surface area (Å²) in [6.07, 6.45) is 10.6. The lowest BCUT2D eigenvalue weighted by Crippen LogP contribution is -2.09. The van der Waals surface area contributed by atoms with Crippen LogP contribution in [0.2, 0.25) is 0 Å². The van der Waals surface area contributed by atoms with Crippen LogP contribution < -0.4 is 0 Å². The third-order valence-corrected chi connectivity index (χ3v) is 3.89. The van der Waals surface area contributed by atoms with Crippen molar-refractivity contribution in [2.24, 2.45) is 23.2 Å². The smallest absolute Gasteiger partial charge is 0.0201 e. The molecule has 0 heteroatoms. The Balaban J connectivity index is 1.80. The maximum Gasteiger partial charge on any atom is -0.0201 e. The summed E-state index contributed by atoms with van der Waals surface area (Å²) in [5.41, 5.74) is 0.806. The van der Waals surface area contributed by atoms with E-state index in [9.17, 15) is 0 Å². The molecule has 74 valence electrons. The molecular weight excluding hydrogens is 156 g/mol. The molecule has 0 aromatic heterocycles. The van der Waals surface area contributed by atoms with E-state index in [2.05, 4.69) is 32.9 Å². The van der Waals surface area contributed by atoms with Crippen molar-refractivity contribution in [3.63, 3.8) is 0 Å². The highest BCUT2D eigenvalue weighted by Crippen LogP contribution is 2.81. The lowest BCUT2D eigenvalue weighted by molar-refractivity contribution is 0.336. The van der Waals surface area contributed by atoms with Crippen molar-refractivity contribution in [3.8, 4) is 0 Å². The van der Waals surface area contributed by atoms with Crippen molar-refractivity contribution in [2.75, 3.05) is 0 Å². The summed E-state index contributed by atoms with van der Waals surface area (Å²) >= 11 is 0. The second kappa shape index (κ2) is 3.15. The van der Waals surface area contributed by atoms with Crippen molar-refractivity contribution in [1.82, 2.24) is 0 Å². The predicted molar refractivity (Wildman–Crippen MR) is 57.5 cm³/mol. The minimum Gasteiger partial charge on any atom is -0.0877 e. The van der Waals surface area contributed by atoms with Crippen LogP contribution in [0, 0.1) is 23.2 Å². The Morgan fingerprint density at radius 3 is 2.46 bits per heavy atom. The molecule has 0 radical (unpaired) electrons. The summed E-state index contributed by atoms with van der Waals surface area (Å²) < 4.78 is 0. The van der Waals surface area contributed by atoms with Gasteiger partial charge in [-0.3, -0.25) is 0 Å². The zero-order valence-corrected chi connectivity index (χ0v) is 9.22. The minimum absolute atomic E-state index is 0.730. The van der Waals surface area contributed by atoms with Crippen molar-refractivity contribution in [3.05, 3.63) is 12.2 Å². The quantitative estimate of drug-likeness (QED) is 0.558. The number of allylic oxidation sites excluding steroid dienone is 2. The first kappa shape index (κ1) is 9.30. The standard InChI is InChI=1S/C13H22/c1-4-7-13(11-9-12(11)13)8-5-6-10(2)3/h5-6,10-12H,4,7-9H2,1-3H3. The molecule has 0 heterocycles. The van der Waals surface area contributed by atoms with Crippen LogP contribution in [0.3, 0.4) is 0 Å². The largest absolute Gasteiger partial charge is 0.0877 e. The van der Waals surface area contributed by atoms with E-state index < -0.39 is 0 Å². The topological polar surface area (TPSA) is 0 Å². The molecule has 2 rings (SSSR count). The molecule has 2 aliphatic carbocycles. The first-order valence-electron chi connectivity index (χ1n) is 5.87. The predicted octanol–water partition coefficient (Wildman–Crippen LogP) is 4.02. The molecule has 2 unspecified atom stereocenters. The molecule has 0 bridgehead atoms. The molecular formula is C13H22. The Hall–Kier alpha value is -0.260. The van der Waals surface area contributed by atoms with E-state index >= 15 is 0 Å². The van der Waals surface area contributed by atoms with E-state index in [0.29, 0.717) is 0 Å². The van der Waals surface area contributed by atoms with Gasteiger partial charge >= 0.3 is 0 Å². The summed E-state index contributed by atoms with van der Waals surface area (Å²) in [5.74, 6) is 3.02. The van der Waals surface area contributed by atoms with Crippen LogP contribution in [0.5, 0.6) is 0 Å². The first-order chi connectivity index (χ1) is 6.20.